The number of carboxylic acids is 1. The molecule has 0 aromatic heterocycles. The summed E-state index contributed by atoms with van der Waals surface area (Å²) in [6, 6.07) is 4.27. The lowest BCUT2D eigenvalue weighted by atomic mass is 10.2. The fourth-order valence-electron chi connectivity index (χ4n) is 1.34. The van der Waals surface area contributed by atoms with Crippen molar-refractivity contribution in [1.82, 2.24) is 0 Å². The van der Waals surface area contributed by atoms with Gasteiger partial charge in [0.25, 0.3) is 0 Å². The highest BCUT2D eigenvalue weighted by Crippen LogP contribution is 2.14. The van der Waals surface area contributed by atoms with Crippen LogP contribution in [-0.4, -0.2) is 30.1 Å². The molecule has 0 aliphatic heterocycles. The third kappa shape index (κ3) is 3.53. The van der Waals surface area contributed by atoms with E-state index in [1.807, 2.05) is 0 Å². The molecule has 0 aliphatic rings. The second-order valence-corrected chi connectivity index (χ2v) is 3.58. The molecule has 1 amide bonds. The molecule has 1 unspecified atom stereocenters. The Labute approximate surface area is 97.6 Å². The number of nitrogens with zero attached hydrogens (tertiary/aromatic N) is 1. The Morgan fingerprint density at radius 2 is 2.18 bits per heavy atom. The lowest BCUT2D eigenvalue weighted by molar-refractivity contribution is -0.139. The summed E-state index contributed by atoms with van der Waals surface area (Å²) in [5.74, 6) is -2.20. The van der Waals surface area contributed by atoms with Gasteiger partial charge in [0.15, 0.2) is 0 Å². The standard InChI is InChI=1S/C11H13FN2O3/c1-14(8-4-2-3-7(12)5-8)11(17)9(13)6-10(15)16/h2-5,9H,6,13H2,1H3,(H,15,16). The topological polar surface area (TPSA) is 83.6 Å². The van der Waals surface area contributed by atoms with E-state index in [2.05, 4.69) is 0 Å². The van der Waals surface area contributed by atoms with Gasteiger partial charge < -0.3 is 15.7 Å². The summed E-state index contributed by atoms with van der Waals surface area (Å²) >= 11 is 0. The van der Waals surface area contributed by atoms with Crippen molar-refractivity contribution in [3.05, 3.63) is 30.1 Å². The minimum atomic E-state index is -1.15. The van der Waals surface area contributed by atoms with Crippen molar-refractivity contribution in [3.8, 4) is 0 Å². The van der Waals surface area contributed by atoms with E-state index in [1.165, 1.54) is 31.3 Å². The summed E-state index contributed by atoms with van der Waals surface area (Å²) in [6.45, 7) is 0. The number of carboxylic acid groups (broad SMARTS) is 1. The molecule has 0 saturated heterocycles. The van der Waals surface area contributed by atoms with Crippen LogP contribution in [0.4, 0.5) is 10.1 Å². The molecule has 0 bridgehead atoms. The van der Waals surface area contributed by atoms with Crippen molar-refractivity contribution in [2.24, 2.45) is 5.73 Å². The van der Waals surface area contributed by atoms with Gasteiger partial charge >= 0.3 is 5.97 Å². The van der Waals surface area contributed by atoms with Gasteiger partial charge in [-0.2, -0.15) is 0 Å². The second kappa shape index (κ2) is 5.40. The number of amides is 1. The number of benzene rings is 1. The molecule has 1 aromatic carbocycles. The molecular formula is C11H13FN2O3. The summed E-state index contributed by atoms with van der Waals surface area (Å²) in [5, 5.41) is 8.52. The number of nitrogens with two attached hydrogens (primary N) is 1. The van der Waals surface area contributed by atoms with Crippen LogP contribution in [0.5, 0.6) is 0 Å². The Bertz CT molecular complexity index is 436. The van der Waals surface area contributed by atoms with Crippen molar-refractivity contribution >= 4 is 17.6 Å². The zero-order chi connectivity index (χ0) is 13.0. The summed E-state index contributed by atoms with van der Waals surface area (Å²) < 4.78 is 12.9. The molecule has 1 aromatic rings. The monoisotopic (exact) mass is 240 g/mol. The highest BCUT2D eigenvalue weighted by atomic mass is 19.1. The SMILES string of the molecule is CN(C(=O)C(N)CC(=O)O)c1cccc(F)c1. The predicted octanol–water partition coefficient (Wildman–Crippen LogP) is 0.590. The average molecular weight is 240 g/mol. The molecule has 3 N–H and O–H groups in total. The van der Waals surface area contributed by atoms with Gasteiger partial charge in [0.05, 0.1) is 12.5 Å². The molecule has 17 heavy (non-hydrogen) atoms. The van der Waals surface area contributed by atoms with E-state index in [9.17, 15) is 14.0 Å². The number of carbonyl (C=O) groups excluding carboxylic acids is 1. The Kier molecular flexibility index (Phi) is 4.17. The van der Waals surface area contributed by atoms with Crippen LogP contribution in [-0.2, 0) is 9.59 Å². The minimum Gasteiger partial charge on any atom is -0.481 e. The largest absolute Gasteiger partial charge is 0.481 e. The molecule has 0 fully saturated rings. The Balaban J connectivity index is 2.79. The first-order chi connectivity index (χ1) is 7.91. The maximum absolute atomic E-state index is 12.9. The van der Waals surface area contributed by atoms with E-state index in [0.29, 0.717) is 5.69 Å². The van der Waals surface area contributed by atoms with Gasteiger partial charge in [-0.15, -0.1) is 0 Å². The zero-order valence-corrected chi connectivity index (χ0v) is 9.26. The first kappa shape index (κ1) is 13.1. The number of anilines is 1. The van der Waals surface area contributed by atoms with E-state index in [4.69, 9.17) is 10.8 Å². The van der Waals surface area contributed by atoms with Crippen LogP contribution < -0.4 is 10.6 Å². The molecule has 6 heteroatoms. The maximum atomic E-state index is 12.9. The first-order valence-corrected chi connectivity index (χ1v) is 4.92. The maximum Gasteiger partial charge on any atom is 0.305 e. The number of hydrogen-bond donors (Lipinski definition) is 2. The molecule has 0 aliphatic carbocycles. The van der Waals surface area contributed by atoms with E-state index in [0.717, 1.165) is 4.90 Å². The number of hydrogen-bond acceptors (Lipinski definition) is 3. The Morgan fingerprint density at radius 1 is 1.53 bits per heavy atom. The Hall–Kier alpha value is -1.95. The lowest BCUT2D eigenvalue weighted by Crippen LogP contribution is -2.43. The van der Waals surface area contributed by atoms with Crippen molar-refractivity contribution in [1.29, 1.82) is 0 Å². The highest BCUT2D eigenvalue weighted by Gasteiger charge is 2.21. The van der Waals surface area contributed by atoms with Gasteiger partial charge in [0.1, 0.15) is 5.82 Å². The number of rotatable bonds is 4. The van der Waals surface area contributed by atoms with Gasteiger partial charge in [-0.3, -0.25) is 9.59 Å². The molecule has 5 nitrogen and oxygen atoms in total. The summed E-state index contributed by atoms with van der Waals surface area (Å²) in [5.41, 5.74) is 5.76. The molecular weight excluding hydrogens is 227 g/mol. The van der Waals surface area contributed by atoms with Crippen LogP contribution in [0.1, 0.15) is 6.42 Å². The van der Waals surface area contributed by atoms with Gasteiger partial charge in [-0.25, -0.2) is 4.39 Å². The molecule has 1 rings (SSSR count). The van der Waals surface area contributed by atoms with Crippen molar-refractivity contribution in [3.63, 3.8) is 0 Å². The fourth-order valence-corrected chi connectivity index (χ4v) is 1.34. The van der Waals surface area contributed by atoms with E-state index in [-0.39, 0.29) is 0 Å². The van der Waals surface area contributed by atoms with Gasteiger partial charge in [0.2, 0.25) is 5.91 Å². The van der Waals surface area contributed by atoms with Crippen molar-refractivity contribution in [2.45, 2.75) is 12.5 Å². The predicted molar refractivity (Wildman–Crippen MR) is 60.0 cm³/mol. The highest BCUT2D eigenvalue weighted by molar-refractivity contribution is 5.98. The second-order valence-electron chi connectivity index (χ2n) is 3.58. The van der Waals surface area contributed by atoms with Gasteiger partial charge in [-0.1, -0.05) is 6.07 Å². The molecule has 0 spiro atoms. The molecule has 0 heterocycles. The minimum absolute atomic E-state index is 0.329. The third-order valence-electron chi connectivity index (χ3n) is 2.24. The van der Waals surface area contributed by atoms with Crippen LogP contribution in [0.15, 0.2) is 24.3 Å². The Morgan fingerprint density at radius 3 is 2.71 bits per heavy atom. The molecule has 1 atom stereocenters. The number of carbonyl (C=O) groups is 2. The number of likely N-dealkylation sites (N-methyl/N-ethyl adjacent to an activating group) is 1. The fraction of sp³-hybridized carbons (Fsp3) is 0.273. The van der Waals surface area contributed by atoms with E-state index in [1.54, 1.807) is 0 Å². The van der Waals surface area contributed by atoms with Crippen LogP contribution in [0.25, 0.3) is 0 Å². The molecule has 0 radical (unpaired) electrons. The molecule has 92 valence electrons. The number of aliphatic carboxylic acids is 1. The summed E-state index contributed by atoms with van der Waals surface area (Å²) in [6.07, 6.45) is -0.460. The summed E-state index contributed by atoms with van der Waals surface area (Å²) in [7, 11) is 1.42. The average Bonchev–Trinajstić information content (AvgIpc) is 2.26. The van der Waals surface area contributed by atoms with Crippen LogP contribution >= 0.6 is 0 Å². The van der Waals surface area contributed by atoms with Crippen molar-refractivity contribution in [2.75, 3.05) is 11.9 Å². The van der Waals surface area contributed by atoms with Crippen LogP contribution in [0, 0.1) is 5.82 Å². The first-order valence-electron chi connectivity index (χ1n) is 4.92. The van der Waals surface area contributed by atoms with Crippen LogP contribution in [0.2, 0.25) is 0 Å². The lowest BCUT2D eigenvalue weighted by Gasteiger charge is -2.20. The van der Waals surface area contributed by atoms with Crippen LogP contribution in [0.3, 0.4) is 0 Å². The van der Waals surface area contributed by atoms with Gasteiger partial charge in [0, 0.05) is 12.7 Å². The third-order valence-corrected chi connectivity index (χ3v) is 2.24. The normalized spacial score (nSPS) is 11.9. The quantitative estimate of drug-likeness (QED) is 0.806. The van der Waals surface area contributed by atoms with E-state index < -0.39 is 30.2 Å². The summed E-state index contributed by atoms with van der Waals surface area (Å²) in [4.78, 5) is 23.3. The zero-order valence-electron chi connectivity index (χ0n) is 9.26. The van der Waals surface area contributed by atoms with Gasteiger partial charge in [-0.05, 0) is 18.2 Å². The number of halogens is 1. The smallest absolute Gasteiger partial charge is 0.305 e. The van der Waals surface area contributed by atoms with E-state index >= 15 is 0 Å². The van der Waals surface area contributed by atoms with Crippen molar-refractivity contribution < 1.29 is 19.1 Å². The molecule has 0 saturated carbocycles.